The number of aromatic nitrogens is 1. The van der Waals surface area contributed by atoms with Crippen LogP contribution in [0.15, 0.2) is 58.9 Å². The summed E-state index contributed by atoms with van der Waals surface area (Å²) in [5, 5.41) is 11.4. The van der Waals surface area contributed by atoms with Gasteiger partial charge in [-0.3, -0.25) is 0 Å². The van der Waals surface area contributed by atoms with Crippen molar-refractivity contribution in [3.05, 3.63) is 70.1 Å². The lowest BCUT2D eigenvalue weighted by Gasteiger charge is -2.07. The molecule has 1 aromatic heterocycles. The number of aryl methyl sites for hydroxylation is 1. The van der Waals surface area contributed by atoms with Crippen LogP contribution in [0.5, 0.6) is 0 Å². The zero-order valence-electron chi connectivity index (χ0n) is 12.7. The molecule has 0 saturated carbocycles. The van der Waals surface area contributed by atoms with Gasteiger partial charge in [0, 0.05) is 11.9 Å². The number of aliphatic hydroxyl groups is 1. The molecule has 0 fully saturated rings. The molecule has 0 unspecified atom stereocenters. The number of thiazole rings is 1. The van der Waals surface area contributed by atoms with Gasteiger partial charge in [0.05, 0.1) is 18.0 Å². The summed E-state index contributed by atoms with van der Waals surface area (Å²) in [7, 11) is 0. The average Bonchev–Trinajstić information content (AvgIpc) is 2.94. The van der Waals surface area contributed by atoms with Crippen LogP contribution in [0.4, 0.5) is 10.1 Å². The molecule has 0 aliphatic rings. The van der Waals surface area contributed by atoms with Gasteiger partial charge in [-0.05, 0) is 36.8 Å². The minimum absolute atomic E-state index is 0.0339. The van der Waals surface area contributed by atoms with Gasteiger partial charge in [-0.2, -0.15) is 0 Å². The third-order valence-electron chi connectivity index (χ3n) is 3.52. The van der Waals surface area contributed by atoms with Crippen LogP contribution in [0, 0.1) is 12.7 Å². The maximum Gasteiger partial charge on any atom is 0.190 e. The number of nitrogens with zero attached hydrogens (tertiary/aromatic N) is 2. The van der Waals surface area contributed by atoms with E-state index in [-0.39, 0.29) is 12.4 Å². The first-order chi connectivity index (χ1) is 11.2. The first-order valence-electron chi connectivity index (χ1n) is 7.34. The third kappa shape index (κ3) is 3.57. The summed E-state index contributed by atoms with van der Waals surface area (Å²) in [5.41, 5.74) is 4.00. The van der Waals surface area contributed by atoms with Crippen LogP contribution in [0.1, 0.15) is 5.56 Å². The maximum atomic E-state index is 13.0. The molecule has 5 heteroatoms. The van der Waals surface area contributed by atoms with Crippen LogP contribution in [0.2, 0.25) is 0 Å². The Morgan fingerprint density at radius 2 is 1.78 bits per heavy atom. The van der Waals surface area contributed by atoms with E-state index < -0.39 is 0 Å². The second-order valence-corrected chi connectivity index (χ2v) is 6.07. The lowest BCUT2D eigenvalue weighted by Crippen LogP contribution is -2.17. The van der Waals surface area contributed by atoms with Gasteiger partial charge in [-0.1, -0.05) is 29.8 Å². The van der Waals surface area contributed by atoms with Gasteiger partial charge in [-0.15, -0.1) is 11.3 Å². The zero-order chi connectivity index (χ0) is 16.2. The van der Waals surface area contributed by atoms with Crippen LogP contribution in [-0.2, 0) is 6.54 Å². The van der Waals surface area contributed by atoms with Gasteiger partial charge < -0.3 is 9.67 Å². The lowest BCUT2D eigenvalue weighted by atomic mass is 10.1. The van der Waals surface area contributed by atoms with E-state index in [1.54, 1.807) is 12.1 Å². The third-order valence-corrected chi connectivity index (χ3v) is 4.38. The molecule has 1 N–H and O–H groups in total. The van der Waals surface area contributed by atoms with Crippen molar-refractivity contribution in [2.75, 3.05) is 6.61 Å². The Bertz CT molecular complexity index is 848. The van der Waals surface area contributed by atoms with Crippen molar-refractivity contribution in [2.24, 2.45) is 4.99 Å². The van der Waals surface area contributed by atoms with Crippen molar-refractivity contribution in [1.82, 2.24) is 4.57 Å². The molecule has 0 spiro atoms. The van der Waals surface area contributed by atoms with Crippen molar-refractivity contribution >= 4 is 17.0 Å². The van der Waals surface area contributed by atoms with Gasteiger partial charge in [0.2, 0.25) is 0 Å². The highest BCUT2D eigenvalue weighted by atomic mass is 32.1. The normalized spacial score (nSPS) is 11.9. The fraction of sp³-hybridized carbons (Fsp3) is 0.167. The van der Waals surface area contributed by atoms with Crippen molar-refractivity contribution in [2.45, 2.75) is 13.5 Å². The molecule has 0 aliphatic heterocycles. The summed E-state index contributed by atoms with van der Waals surface area (Å²) in [6.45, 7) is 2.55. The molecule has 23 heavy (non-hydrogen) atoms. The molecule has 2 aromatic carbocycles. The van der Waals surface area contributed by atoms with Gasteiger partial charge >= 0.3 is 0 Å². The first-order valence-corrected chi connectivity index (χ1v) is 8.22. The lowest BCUT2D eigenvalue weighted by molar-refractivity contribution is 0.275. The van der Waals surface area contributed by atoms with E-state index in [0.29, 0.717) is 12.2 Å². The summed E-state index contributed by atoms with van der Waals surface area (Å²) < 4.78 is 15.0. The molecule has 0 amide bonds. The van der Waals surface area contributed by atoms with Gasteiger partial charge in [0.15, 0.2) is 4.80 Å². The fourth-order valence-corrected chi connectivity index (χ4v) is 3.27. The minimum atomic E-state index is -0.279. The van der Waals surface area contributed by atoms with Crippen molar-refractivity contribution in [1.29, 1.82) is 0 Å². The van der Waals surface area contributed by atoms with Crippen molar-refractivity contribution < 1.29 is 9.50 Å². The molecule has 1 heterocycles. The van der Waals surface area contributed by atoms with E-state index in [0.717, 1.165) is 16.1 Å². The quantitative estimate of drug-likeness (QED) is 0.775. The fourth-order valence-electron chi connectivity index (χ4n) is 2.32. The van der Waals surface area contributed by atoms with E-state index in [9.17, 15) is 9.50 Å². The van der Waals surface area contributed by atoms with Crippen LogP contribution in [0.3, 0.4) is 0 Å². The number of rotatable bonds is 4. The topological polar surface area (TPSA) is 37.5 Å². The average molecular weight is 328 g/mol. The number of aliphatic hydroxyl groups excluding tert-OH is 1. The molecule has 3 rings (SSSR count). The smallest absolute Gasteiger partial charge is 0.190 e. The van der Waals surface area contributed by atoms with Crippen LogP contribution < -0.4 is 4.80 Å². The molecule has 118 valence electrons. The standard InChI is InChI=1S/C18H17FN2OS/c1-13-2-4-14(5-3-13)17-12-23-18(21(17)10-11-22)20-16-8-6-15(19)7-9-16/h2-9,12,22H,10-11H2,1H3. The Labute approximate surface area is 138 Å². The van der Waals surface area contributed by atoms with E-state index in [1.165, 1.54) is 29.0 Å². The van der Waals surface area contributed by atoms with Crippen LogP contribution in [0.25, 0.3) is 11.3 Å². The molecule has 0 bridgehead atoms. The second kappa shape index (κ2) is 6.89. The van der Waals surface area contributed by atoms with E-state index in [4.69, 9.17) is 0 Å². The Morgan fingerprint density at radius 1 is 1.09 bits per heavy atom. The Balaban J connectivity index is 2.08. The monoisotopic (exact) mass is 328 g/mol. The Hall–Kier alpha value is -2.24. The van der Waals surface area contributed by atoms with E-state index in [2.05, 4.69) is 36.2 Å². The molecule has 0 radical (unpaired) electrons. The molecule has 3 nitrogen and oxygen atoms in total. The molecule has 0 atom stereocenters. The molecule has 3 aromatic rings. The summed E-state index contributed by atoms with van der Waals surface area (Å²) in [6, 6.07) is 14.3. The van der Waals surface area contributed by atoms with Gasteiger partial charge in [0.25, 0.3) is 0 Å². The molecule has 0 saturated heterocycles. The predicted octanol–water partition coefficient (Wildman–Crippen LogP) is 3.89. The highest BCUT2D eigenvalue weighted by Crippen LogP contribution is 2.21. The summed E-state index contributed by atoms with van der Waals surface area (Å²) >= 11 is 1.51. The maximum absolute atomic E-state index is 13.0. The number of hydrogen-bond donors (Lipinski definition) is 1. The Kier molecular flexibility index (Phi) is 4.69. The largest absolute Gasteiger partial charge is 0.395 e. The highest BCUT2D eigenvalue weighted by Gasteiger charge is 2.07. The SMILES string of the molecule is Cc1ccc(-c2csc(=Nc3ccc(F)cc3)n2CCO)cc1. The zero-order valence-corrected chi connectivity index (χ0v) is 13.6. The number of benzene rings is 2. The predicted molar refractivity (Wildman–Crippen MR) is 91.2 cm³/mol. The van der Waals surface area contributed by atoms with Gasteiger partial charge in [-0.25, -0.2) is 9.38 Å². The van der Waals surface area contributed by atoms with Crippen molar-refractivity contribution in [3.63, 3.8) is 0 Å². The molecular weight excluding hydrogens is 311 g/mol. The second-order valence-electron chi connectivity index (χ2n) is 5.23. The Morgan fingerprint density at radius 3 is 2.43 bits per heavy atom. The highest BCUT2D eigenvalue weighted by molar-refractivity contribution is 7.07. The first kappa shape index (κ1) is 15.6. The van der Waals surface area contributed by atoms with E-state index in [1.807, 2.05) is 9.95 Å². The number of halogens is 1. The molecule has 0 aliphatic carbocycles. The van der Waals surface area contributed by atoms with Crippen molar-refractivity contribution in [3.8, 4) is 11.3 Å². The number of hydrogen-bond acceptors (Lipinski definition) is 3. The summed E-state index contributed by atoms with van der Waals surface area (Å²) in [6.07, 6.45) is 0. The molecular formula is C18H17FN2OS. The summed E-state index contributed by atoms with van der Waals surface area (Å²) in [5.74, 6) is -0.279. The minimum Gasteiger partial charge on any atom is -0.395 e. The van der Waals surface area contributed by atoms with Gasteiger partial charge in [0.1, 0.15) is 5.82 Å². The summed E-state index contributed by atoms with van der Waals surface area (Å²) in [4.78, 5) is 5.35. The van der Waals surface area contributed by atoms with E-state index >= 15 is 0 Å². The van der Waals surface area contributed by atoms with Crippen LogP contribution in [-0.4, -0.2) is 16.3 Å². The van der Waals surface area contributed by atoms with Crippen LogP contribution >= 0.6 is 11.3 Å².